The maximum Gasteiger partial charge on any atom is 0.335 e. The first-order valence-electron chi connectivity index (χ1n) is 13.6. The summed E-state index contributed by atoms with van der Waals surface area (Å²) in [4.78, 5) is 20.7. The van der Waals surface area contributed by atoms with Crippen LogP contribution in [-0.2, 0) is 24.3 Å². The summed E-state index contributed by atoms with van der Waals surface area (Å²) in [6.45, 7) is 4.93. The van der Waals surface area contributed by atoms with Gasteiger partial charge in [-0.25, -0.2) is 23.5 Å². The largest absolute Gasteiger partial charge is 0.478 e. The molecule has 7 nitrogen and oxygen atoms in total. The molecular weight excluding hydrogens is 540 g/mol. The number of carboxylic acid groups (broad SMARTS) is 1. The Balaban J connectivity index is 1.36. The van der Waals surface area contributed by atoms with Gasteiger partial charge in [-0.2, -0.15) is 0 Å². The summed E-state index contributed by atoms with van der Waals surface area (Å²) in [7, 11) is 1.58. The molecule has 216 valence electrons. The molecular formula is C33H31F2N3O4. The predicted molar refractivity (Wildman–Crippen MR) is 156 cm³/mol. The quantitative estimate of drug-likeness (QED) is 0.183. The molecule has 0 aliphatic rings. The molecule has 0 aliphatic heterocycles. The third-order valence-electron chi connectivity index (χ3n) is 7.13. The number of hydrogen-bond acceptors (Lipinski definition) is 5. The van der Waals surface area contributed by atoms with E-state index in [1.807, 2.05) is 18.4 Å². The summed E-state index contributed by atoms with van der Waals surface area (Å²) >= 11 is 0. The number of pyridine rings is 1. The smallest absolute Gasteiger partial charge is 0.335 e. The van der Waals surface area contributed by atoms with E-state index in [4.69, 9.17) is 9.47 Å². The maximum absolute atomic E-state index is 15.4. The first-order chi connectivity index (χ1) is 20.2. The second-order valence-corrected chi connectivity index (χ2v) is 10.3. The van der Waals surface area contributed by atoms with E-state index < -0.39 is 11.8 Å². The number of ether oxygens (including phenoxy) is 2. The minimum atomic E-state index is -1.03. The number of carbonyl (C=O) groups is 1. The number of imidazole rings is 1. The molecule has 5 rings (SSSR count). The summed E-state index contributed by atoms with van der Waals surface area (Å²) in [5, 5.41) is 9.42. The SMILES string of the molecule is COCCn1c(Cc2ccc(-c3cccc(OCc4cc(C(C)C)ccc4F)n3)cc2F)nc2ccc(C(=O)O)cc21. The summed E-state index contributed by atoms with van der Waals surface area (Å²) in [5.74, 6) is -0.637. The van der Waals surface area contributed by atoms with Crippen molar-refractivity contribution in [2.24, 2.45) is 0 Å². The highest BCUT2D eigenvalue weighted by molar-refractivity contribution is 5.92. The molecule has 0 fully saturated rings. The molecule has 3 aromatic carbocycles. The van der Waals surface area contributed by atoms with Gasteiger partial charge >= 0.3 is 5.97 Å². The van der Waals surface area contributed by atoms with Crippen LogP contribution in [0.15, 0.2) is 72.8 Å². The van der Waals surface area contributed by atoms with Gasteiger partial charge in [-0.15, -0.1) is 0 Å². The summed E-state index contributed by atoms with van der Waals surface area (Å²) < 4.78 is 42.6. The monoisotopic (exact) mass is 571 g/mol. The minimum Gasteiger partial charge on any atom is -0.478 e. The number of nitrogens with zero attached hydrogens (tertiary/aromatic N) is 3. The number of fused-ring (bicyclic) bond motifs is 1. The first-order valence-corrected chi connectivity index (χ1v) is 13.6. The Morgan fingerprint density at radius 3 is 2.52 bits per heavy atom. The normalized spacial score (nSPS) is 11.4. The van der Waals surface area contributed by atoms with Crippen LogP contribution in [-0.4, -0.2) is 39.3 Å². The summed E-state index contributed by atoms with van der Waals surface area (Å²) in [5.41, 5.74) is 4.40. The highest BCUT2D eigenvalue weighted by atomic mass is 19.1. The lowest BCUT2D eigenvalue weighted by Gasteiger charge is -2.12. The van der Waals surface area contributed by atoms with Gasteiger partial charge in [-0.05, 0) is 59.5 Å². The van der Waals surface area contributed by atoms with E-state index in [2.05, 4.69) is 9.97 Å². The molecule has 0 unspecified atom stereocenters. The van der Waals surface area contributed by atoms with Crippen molar-refractivity contribution in [2.75, 3.05) is 13.7 Å². The van der Waals surface area contributed by atoms with Crippen LogP contribution < -0.4 is 4.74 Å². The molecule has 0 radical (unpaired) electrons. The van der Waals surface area contributed by atoms with Gasteiger partial charge in [0.1, 0.15) is 24.1 Å². The summed E-state index contributed by atoms with van der Waals surface area (Å²) in [6, 6.07) is 19.8. The molecule has 2 heterocycles. The molecule has 1 N–H and O–H groups in total. The third-order valence-corrected chi connectivity index (χ3v) is 7.13. The first kappa shape index (κ1) is 28.9. The lowest BCUT2D eigenvalue weighted by Crippen LogP contribution is -2.10. The van der Waals surface area contributed by atoms with Crippen LogP contribution in [0.5, 0.6) is 5.88 Å². The Morgan fingerprint density at radius 1 is 0.952 bits per heavy atom. The van der Waals surface area contributed by atoms with Crippen LogP contribution >= 0.6 is 0 Å². The molecule has 0 spiro atoms. The van der Waals surface area contributed by atoms with Crippen LogP contribution in [0.4, 0.5) is 8.78 Å². The van der Waals surface area contributed by atoms with Crippen molar-refractivity contribution < 1.29 is 28.2 Å². The second-order valence-electron chi connectivity index (χ2n) is 10.3. The topological polar surface area (TPSA) is 86.5 Å². The van der Waals surface area contributed by atoms with Crippen molar-refractivity contribution in [3.63, 3.8) is 0 Å². The number of aromatic carboxylic acids is 1. The lowest BCUT2D eigenvalue weighted by atomic mass is 10.0. The van der Waals surface area contributed by atoms with E-state index in [1.165, 1.54) is 18.2 Å². The van der Waals surface area contributed by atoms with Crippen LogP contribution in [0.25, 0.3) is 22.3 Å². The van der Waals surface area contributed by atoms with Crippen molar-refractivity contribution in [3.8, 4) is 17.1 Å². The fourth-order valence-electron chi connectivity index (χ4n) is 4.77. The standard InChI is InChI=1S/C33H31F2N3O4/c1-20(2)21-9-11-26(34)25(15-21)19-42-32-6-4-5-28(37-32)23-8-7-22(27(35)16-23)18-31-36-29-12-10-24(33(39)40)17-30(29)38(31)13-14-41-3/h4-12,15-17,20H,13-14,18-19H2,1-3H3,(H,39,40). The van der Waals surface area contributed by atoms with Gasteiger partial charge in [0.05, 0.1) is 28.9 Å². The number of halogens is 2. The Morgan fingerprint density at radius 2 is 1.79 bits per heavy atom. The molecule has 2 aromatic heterocycles. The molecule has 0 saturated carbocycles. The van der Waals surface area contributed by atoms with E-state index in [0.29, 0.717) is 58.3 Å². The van der Waals surface area contributed by atoms with Crippen molar-refractivity contribution >= 4 is 17.0 Å². The number of hydrogen-bond donors (Lipinski definition) is 1. The van der Waals surface area contributed by atoms with Crippen molar-refractivity contribution in [1.82, 2.24) is 14.5 Å². The van der Waals surface area contributed by atoms with Gasteiger partial charge in [-0.3, -0.25) is 0 Å². The fourth-order valence-corrected chi connectivity index (χ4v) is 4.77. The second kappa shape index (κ2) is 12.5. The van der Waals surface area contributed by atoms with Crippen molar-refractivity contribution in [3.05, 3.63) is 113 Å². The molecule has 0 saturated heterocycles. The Hall–Kier alpha value is -4.63. The van der Waals surface area contributed by atoms with Gasteiger partial charge in [-0.1, -0.05) is 38.1 Å². The number of benzene rings is 3. The van der Waals surface area contributed by atoms with E-state index in [0.717, 1.165) is 5.56 Å². The van der Waals surface area contributed by atoms with E-state index in [-0.39, 0.29) is 30.3 Å². The summed E-state index contributed by atoms with van der Waals surface area (Å²) in [6.07, 6.45) is 0.199. The Bertz CT molecular complexity index is 1750. The van der Waals surface area contributed by atoms with Crippen LogP contribution in [0.2, 0.25) is 0 Å². The molecule has 0 amide bonds. The van der Waals surface area contributed by atoms with E-state index in [1.54, 1.807) is 61.7 Å². The number of carboxylic acids is 1. The molecule has 5 aromatic rings. The van der Waals surface area contributed by atoms with Crippen LogP contribution in [0, 0.1) is 11.6 Å². The molecule has 9 heteroatoms. The Kier molecular flexibility index (Phi) is 8.59. The highest BCUT2D eigenvalue weighted by Gasteiger charge is 2.16. The zero-order valence-corrected chi connectivity index (χ0v) is 23.6. The third kappa shape index (κ3) is 6.31. The van der Waals surface area contributed by atoms with Gasteiger partial charge in [0.15, 0.2) is 0 Å². The highest BCUT2D eigenvalue weighted by Crippen LogP contribution is 2.26. The molecule has 0 bridgehead atoms. The van der Waals surface area contributed by atoms with Crippen molar-refractivity contribution in [1.29, 1.82) is 0 Å². The molecule has 0 atom stereocenters. The zero-order valence-electron chi connectivity index (χ0n) is 23.6. The van der Waals surface area contributed by atoms with Crippen LogP contribution in [0.3, 0.4) is 0 Å². The lowest BCUT2D eigenvalue weighted by molar-refractivity contribution is 0.0697. The van der Waals surface area contributed by atoms with Crippen molar-refractivity contribution in [2.45, 2.75) is 39.3 Å². The van der Waals surface area contributed by atoms with Crippen LogP contribution in [0.1, 0.15) is 52.6 Å². The van der Waals surface area contributed by atoms with E-state index in [9.17, 15) is 14.3 Å². The Labute approximate surface area is 242 Å². The van der Waals surface area contributed by atoms with Gasteiger partial charge < -0.3 is 19.1 Å². The number of rotatable bonds is 11. The van der Waals surface area contributed by atoms with Gasteiger partial charge in [0, 0.05) is 37.3 Å². The number of aromatic nitrogens is 3. The van der Waals surface area contributed by atoms with Gasteiger partial charge in [0.25, 0.3) is 0 Å². The minimum absolute atomic E-state index is 0.0220. The average molecular weight is 572 g/mol. The predicted octanol–water partition coefficient (Wildman–Crippen LogP) is 7.01. The zero-order chi connectivity index (χ0) is 29.8. The molecule has 0 aliphatic carbocycles. The van der Waals surface area contributed by atoms with Gasteiger partial charge in [0.2, 0.25) is 5.88 Å². The van der Waals surface area contributed by atoms with E-state index >= 15 is 4.39 Å². The average Bonchev–Trinajstić information content (AvgIpc) is 3.32. The molecule has 42 heavy (non-hydrogen) atoms. The number of methoxy groups -OCH3 is 1. The maximum atomic E-state index is 15.4. The fraction of sp³-hybridized carbons (Fsp3) is 0.242.